The van der Waals surface area contributed by atoms with Gasteiger partial charge in [0.2, 0.25) is 0 Å². The molecule has 0 aliphatic rings. The third-order valence-electron chi connectivity index (χ3n) is 4.72. The van der Waals surface area contributed by atoms with E-state index in [1.54, 1.807) is 0 Å². The van der Waals surface area contributed by atoms with E-state index >= 15 is 0 Å². The summed E-state index contributed by atoms with van der Waals surface area (Å²) in [5, 5.41) is 0. The quantitative estimate of drug-likeness (QED) is 0.379. The van der Waals surface area contributed by atoms with Gasteiger partial charge < -0.3 is 7.59 Å². The second-order valence-corrected chi connectivity index (χ2v) is 6.99. The summed E-state index contributed by atoms with van der Waals surface area (Å²) in [7, 11) is 0. The Morgan fingerprint density at radius 2 is 1.07 bits per heavy atom. The summed E-state index contributed by atoms with van der Waals surface area (Å²) < 4.78 is 5.84. The minimum Gasteiger partial charge on any atom is -1.00 e. The van der Waals surface area contributed by atoms with E-state index in [0.29, 0.717) is 0 Å². The molecule has 0 heterocycles. The van der Waals surface area contributed by atoms with Crippen LogP contribution in [0.25, 0.3) is 0 Å². The normalized spacial score (nSPS) is 9.96. The number of unbranched alkanes of at least 4 members (excludes halogenated alkanes) is 9. The van der Waals surface area contributed by atoms with Crippen molar-refractivity contribution in [2.45, 2.75) is 77.6 Å². The molecule has 0 bridgehead atoms. The van der Waals surface area contributed by atoms with E-state index in [4.69, 9.17) is 4.74 Å². The first-order chi connectivity index (χ1) is 12.4. The maximum absolute atomic E-state index is 5.84. The van der Waals surface area contributed by atoms with Crippen molar-refractivity contribution in [3.05, 3.63) is 60.2 Å². The molecule has 0 N–H and O–H groups in total. The molecule has 2 rings (SSSR count). The van der Waals surface area contributed by atoms with E-state index in [-0.39, 0.29) is 62.0 Å². The van der Waals surface area contributed by atoms with E-state index < -0.39 is 0 Å². The van der Waals surface area contributed by atoms with E-state index in [0.717, 1.165) is 11.5 Å². The SMILES string of the molecule is CCCCCCCCCCCCc1ccc(Oc2ccccc2)cc1.[H-].[H-].[Na+].[Na+]. The van der Waals surface area contributed by atoms with Gasteiger partial charge in [-0.05, 0) is 42.7 Å². The summed E-state index contributed by atoms with van der Waals surface area (Å²) >= 11 is 0. The third-order valence-corrected chi connectivity index (χ3v) is 4.72. The first-order valence-corrected chi connectivity index (χ1v) is 10.2. The standard InChI is InChI=1S/C24H34O.2Na.2H/c1-2-3-4-5-6-7-8-9-10-12-15-22-18-20-24(21-19-22)25-23-16-13-11-14-17-23;;;;/h11,13-14,16-21H,2-10,12,15H2,1H3;;;;/q;2*+1;2*-1. The molecule has 0 fully saturated rings. The molecule has 2 aromatic rings. The number of aryl methyl sites for hydroxylation is 1. The molecular formula is C24H36Na2O. The molecule has 0 spiro atoms. The minimum atomic E-state index is 0. The van der Waals surface area contributed by atoms with E-state index in [1.807, 2.05) is 30.3 Å². The van der Waals surface area contributed by atoms with Crippen LogP contribution in [0, 0.1) is 0 Å². The molecule has 0 saturated carbocycles. The summed E-state index contributed by atoms with van der Waals surface area (Å²) in [6.45, 7) is 2.28. The van der Waals surface area contributed by atoms with Gasteiger partial charge in [-0.2, -0.15) is 0 Å². The van der Waals surface area contributed by atoms with Crippen LogP contribution in [0.3, 0.4) is 0 Å². The van der Waals surface area contributed by atoms with Crippen molar-refractivity contribution < 1.29 is 66.7 Å². The fourth-order valence-electron chi connectivity index (χ4n) is 3.17. The van der Waals surface area contributed by atoms with Crippen LogP contribution in [0.5, 0.6) is 11.5 Å². The van der Waals surface area contributed by atoms with E-state index in [1.165, 1.54) is 76.2 Å². The fourth-order valence-corrected chi connectivity index (χ4v) is 3.17. The average molecular weight is 387 g/mol. The molecule has 0 saturated heterocycles. The number of benzene rings is 2. The fraction of sp³-hybridized carbons (Fsp3) is 0.500. The Bertz CT molecular complexity index is 565. The topological polar surface area (TPSA) is 9.23 Å². The molecule has 0 amide bonds. The van der Waals surface area contributed by atoms with Crippen molar-refractivity contribution in [1.82, 2.24) is 0 Å². The van der Waals surface area contributed by atoms with Crippen LogP contribution in [-0.4, -0.2) is 0 Å². The zero-order valence-electron chi connectivity index (χ0n) is 19.9. The molecule has 0 aliphatic carbocycles. The molecule has 2 aromatic carbocycles. The van der Waals surface area contributed by atoms with Crippen LogP contribution < -0.4 is 63.9 Å². The molecule has 0 radical (unpaired) electrons. The number of para-hydroxylation sites is 1. The van der Waals surface area contributed by atoms with Crippen molar-refractivity contribution in [2.75, 3.05) is 0 Å². The Hall–Kier alpha value is 0.240. The van der Waals surface area contributed by atoms with Gasteiger partial charge in [-0.15, -0.1) is 0 Å². The second kappa shape index (κ2) is 18.3. The van der Waals surface area contributed by atoms with Gasteiger partial charge >= 0.3 is 59.1 Å². The van der Waals surface area contributed by atoms with Crippen LogP contribution >= 0.6 is 0 Å². The Balaban J connectivity index is -0.00000169. The number of hydrogen-bond acceptors (Lipinski definition) is 1. The smallest absolute Gasteiger partial charge is 1.00 e. The first-order valence-electron chi connectivity index (χ1n) is 10.2. The van der Waals surface area contributed by atoms with Gasteiger partial charge in [-0.3, -0.25) is 0 Å². The Morgan fingerprint density at radius 3 is 1.63 bits per heavy atom. The molecule has 0 aliphatic heterocycles. The van der Waals surface area contributed by atoms with Gasteiger partial charge in [0.1, 0.15) is 11.5 Å². The Labute approximate surface area is 214 Å². The zero-order chi connectivity index (χ0) is 17.6. The molecule has 3 heteroatoms. The molecule has 0 unspecified atom stereocenters. The third kappa shape index (κ3) is 13.2. The zero-order valence-corrected chi connectivity index (χ0v) is 21.9. The Morgan fingerprint density at radius 1 is 0.593 bits per heavy atom. The van der Waals surface area contributed by atoms with Gasteiger partial charge in [0.05, 0.1) is 0 Å². The van der Waals surface area contributed by atoms with Gasteiger partial charge in [-0.25, -0.2) is 0 Å². The van der Waals surface area contributed by atoms with Gasteiger partial charge in [0.15, 0.2) is 0 Å². The van der Waals surface area contributed by atoms with Crippen LogP contribution in [-0.2, 0) is 6.42 Å². The van der Waals surface area contributed by atoms with Crippen LogP contribution in [0.4, 0.5) is 0 Å². The Kier molecular flexibility index (Phi) is 18.4. The predicted octanol–water partition coefficient (Wildman–Crippen LogP) is 2.18. The summed E-state index contributed by atoms with van der Waals surface area (Å²) in [4.78, 5) is 0. The largest absolute Gasteiger partial charge is 1.00 e. The van der Waals surface area contributed by atoms with Crippen molar-refractivity contribution in [2.24, 2.45) is 0 Å². The number of hydrogen-bond donors (Lipinski definition) is 0. The van der Waals surface area contributed by atoms with Crippen LogP contribution in [0.2, 0.25) is 0 Å². The average Bonchev–Trinajstić information content (AvgIpc) is 2.65. The molecule has 27 heavy (non-hydrogen) atoms. The second-order valence-electron chi connectivity index (χ2n) is 6.99. The molecule has 1 nitrogen and oxygen atoms in total. The number of ether oxygens (including phenoxy) is 1. The maximum Gasteiger partial charge on any atom is 1.00 e. The summed E-state index contributed by atoms with van der Waals surface area (Å²) in [5.74, 6) is 1.81. The van der Waals surface area contributed by atoms with Crippen molar-refractivity contribution >= 4 is 0 Å². The maximum atomic E-state index is 5.84. The van der Waals surface area contributed by atoms with Crippen molar-refractivity contribution in [3.63, 3.8) is 0 Å². The minimum absolute atomic E-state index is 0. The molecular weight excluding hydrogens is 350 g/mol. The van der Waals surface area contributed by atoms with Crippen molar-refractivity contribution in [3.8, 4) is 11.5 Å². The predicted molar refractivity (Wildman–Crippen MR) is 111 cm³/mol. The van der Waals surface area contributed by atoms with E-state index in [2.05, 4.69) is 31.2 Å². The molecule has 0 aromatic heterocycles. The van der Waals surface area contributed by atoms with Gasteiger partial charge in [0.25, 0.3) is 0 Å². The van der Waals surface area contributed by atoms with Crippen LogP contribution in [0.1, 0.15) is 79.5 Å². The van der Waals surface area contributed by atoms with Crippen LogP contribution in [0.15, 0.2) is 54.6 Å². The van der Waals surface area contributed by atoms with E-state index in [9.17, 15) is 0 Å². The monoisotopic (exact) mass is 386 g/mol. The van der Waals surface area contributed by atoms with Gasteiger partial charge in [-0.1, -0.05) is 95.0 Å². The summed E-state index contributed by atoms with van der Waals surface area (Å²) in [5.41, 5.74) is 1.42. The number of rotatable bonds is 13. The van der Waals surface area contributed by atoms with Crippen molar-refractivity contribution in [1.29, 1.82) is 0 Å². The van der Waals surface area contributed by atoms with Gasteiger partial charge in [0, 0.05) is 0 Å². The first kappa shape index (κ1) is 27.2. The molecule has 140 valence electrons. The summed E-state index contributed by atoms with van der Waals surface area (Å²) in [6, 6.07) is 18.5. The molecule has 0 atom stereocenters. The summed E-state index contributed by atoms with van der Waals surface area (Å²) in [6.07, 6.45) is 15.1.